The number of aliphatic hydroxyl groups excluding tert-OH is 1. The minimum absolute atomic E-state index is 0.414. The average Bonchev–Trinajstić information content (AvgIpc) is 2.51. The topological polar surface area (TPSA) is 66.6 Å². The summed E-state index contributed by atoms with van der Waals surface area (Å²) >= 11 is 0. The lowest BCUT2D eigenvalue weighted by molar-refractivity contribution is -0.129. The summed E-state index contributed by atoms with van der Waals surface area (Å²) in [7, 11) is 0. The molecule has 4 nitrogen and oxygen atoms in total. The molecule has 1 spiro atoms. The molecule has 2 aliphatic rings. The van der Waals surface area contributed by atoms with E-state index in [4.69, 9.17) is 5.73 Å². The Kier molecular flexibility index (Phi) is 2.49. The zero-order chi connectivity index (χ0) is 10.2. The van der Waals surface area contributed by atoms with Crippen LogP contribution in [-0.4, -0.2) is 41.7 Å². The number of β-amino-alcohol motifs (C(OH)–C–C–N with tert-alkyl or cyclic N) is 1. The van der Waals surface area contributed by atoms with Crippen LogP contribution >= 0.6 is 0 Å². The maximum atomic E-state index is 10.6. The molecule has 1 saturated carbocycles. The predicted molar refractivity (Wildman–Crippen MR) is 52.5 cm³/mol. The highest BCUT2D eigenvalue weighted by Crippen LogP contribution is 2.45. The molecule has 2 rings (SSSR count). The number of hydrogen-bond donors (Lipinski definition) is 2. The van der Waals surface area contributed by atoms with Crippen molar-refractivity contribution < 1.29 is 9.90 Å². The van der Waals surface area contributed by atoms with Crippen LogP contribution in [0.2, 0.25) is 0 Å². The number of nitrogens with zero attached hydrogens (tertiary/aromatic N) is 1. The van der Waals surface area contributed by atoms with Crippen LogP contribution in [0.25, 0.3) is 0 Å². The molecular formula is C10H18N2O2. The fraction of sp³-hybridized carbons (Fsp3) is 0.900. The average molecular weight is 198 g/mol. The number of amides is 1. The van der Waals surface area contributed by atoms with Crippen LogP contribution in [0.3, 0.4) is 0 Å². The summed E-state index contributed by atoms with van der Waals surface area (Å²) < 4.78 is 0. The van der Waals surface area contributed by atoms with Crippen molar-refractivity contribution in [3.05, 3.63) is 0 Å². The van der Waals surface area contributed by atoms with Gasteiger partial charge in [0.25, 0.3) is 0 Å². The first-order valence-electron chi connectivity index (χ1n) is 5.31. The molecule has 0 radical (unpaired) electrons. The van der Waals surface area contributed by atoms with Crippen molar-refractivity contribution in [1.82, 2.24) is 4.90 Å². The first-order valence-corrected chi connectivity index (χ1v) is 5.31. The second-order valence-corrected chi connectivity index (χ2v) is 4.79. The lowest BCUT2D eigenvalue weighted by atomic mass is 9.78. The number of carbonyl (C=O) groups is 1. The number of likely N-dealkylation sites (tertiary alicyclic amines) is 1. The molecule has 0 bridgehead atoms. The van der Waals surface area contributed by atoms with E-state index in [9.17, 15) is 9.90 Å². The minimum atomic E-state index is -0.992. The van der Waals surface area contributed by atoms with Crippen LogP contribution in [0.5, 0.6) is 0 Å². The van der Waals surface area contributed by atoms with Crippen LogP contribution in [0.15, 0.2) is 0 Å². The highest BCUT2D eigenvalue weighted by atomic mass is 16.3. The molecule has 1 atom stereocenters. The second-order valence-electron chi connectivity index (χ2n) is 4.79. The van der Waals surface area contributed by atoms with Crippen molar-refractivity contribution in [3.8, 4) is 0 Å². The van der Waals surface area contributed by atoms with Crippen molar-refractivity contribution >= 4 is 5.91 Å². The van der Waals surface area contributed by atoms with E-state index >= 15 is 0 Å². The Morgan fingerprint density at radius 3 is 2.50 bits per heavy atom. The molecule has 1 aliphatic carbocycles. The number of primary amides is 1. The maximum absolute atomic E-state index is 10.6. The molecule has 3 N–H and O–H groups in total. The van der Waals surface area contributed by atoms with Gasteiger partial charge >= 0.3 is 0 Å². The molecule has 0 aromatic carbocycles. The van der Waals surface area contributed by atoms with Crippen molar-refractivity contribution in [2.24, 2.45) is 11.1 Å². The molecule has 1 amide bonds. The first-order chi connectivity index (χ1) is 6.61. The second kappa shape index (κ2) is 3.51. The summed E-state index contributed by atoms with van der Waals surface area (Å²) in [5, 5.41) is 9.28. The van der Waals surface area contributed by atoms with Gasteiger partial charge in [-0.15, -0.1) is 0 Å². The molecule has 1 saturated heterocycles. The van der Waals surface area contributed by atoms with Gasteiger partial charge in [-0.2, -0.15) is 0 Å². The van der Waals surface area contributed by atoms with Gasteiger partial charge in [0.05, 0.1) is 0 Å². The van der Waals surface area contributed by atoms with Crippen molar-refractivity contribution in [2.75, 3.05) is 19.6 Å². The summed E-state index contributed by atoms with van der Waals surface area (Å²) in [6.07, 6.45) is 4.32. The SMILES string of the molecule is NC(=O)C(O)CN1CC2(CCCC2)C1. The Labute approximate surface area is 84.1 Å². The number of rotatable bonds is 3. The van der Waals surface area contributed by atoms with E-state index in [1.54, 1.807) is 0 Å². The summed E-state index contributed by atoms with van der Waals surface area (Å²) in [6.45, 7) is 2.49. The summed E-state index contributed by atoms with van der Waals surface area (Å²) in [5.41, 5.74) is 5.52. The molecule has 1 unspecified atom stereocenters. The van der Waals surface area contributed by atoms with Gasteiger partial charge in [0.1, 0.15) is 6.10 Å². The van der Waals surface area contributed by atoms with Gasteiger partial charge in [0.15, 0.2) is 0 Å². The molecule has 1 heterocycles. The molecule has 1 aliphatic heterocycles. The molecular weight excluding hydrogens is 180 g/mol. The van der Waals surface area contributed by atoms with E-state index in [0.717, 1.165) is 13.1 Å². The van der Waals surface area contributed by atoms with Crippen LogP contribution in [-0.2, 0) is 4.79 Å². The van der Waals surface area contributed by atoms with Crippen LogP contribution in [0, 0.1) is 5.41 Å². The van der Waals surface area contributed by atoms with Gasteiger partial charge in [-0.1, -0.05) is 12.8 Å². The van der Waals surface area contributed by atoms with Gasteiger partial charge in [-0.25, -0.2) is 0 Å². The van der Waals surface area contributed by atoms with Crippen LogP contribution < -0.4 is 5.73 Å². The summed E-state index contributed by atoms with van der Waals surface area (Å²) in [6, 6.07) is 0. The van der Waals surface area contributed by atoms with Gasteiger partial charge in [-0.3, -0.25) is 9.69 Å². The monoisotopic (exact) mass is 198 g/mol. The molecule has 14 heavy (non-hydrogen) atoms. The van der Waals surface area contributed by atoms with Crippen molar-refractivity contribution in [1.29, 1.82) is 0 Å². The van der Waals surface area contributed by atoms with Gasteiger partial charge in [0.2, 0.25) is 5.91 Å². The maximum Gasteiger partial charge on any atom is 0.247 e. The van der Waals surface area contributed by atoms with E-state index in [-0.39, 0.29) is 0 Å². The lowest BCUT2D eigenvalue weighted by Gasteiger charge is -2.48. The molecule has 0 aromatic heterocycles. The molecule has 4 heteroatoms. The third kappa shape index (κ3) is 1.77. The van der Waals surface area contributed by atoms with Gasteiger partial charge in [0, 0.05) is 19.6 Å². The Bertz CT molecular complexity index is 228. The highest BCUT2D eigenvalue weighted by molar-refractivity contribution is 5.78. The largest absolute Gasteiger partial charge is 0.382 e. The predicted octanol–water partition coefficient (Wildman–Crippen LogP) is -0.291. The fourth-order valence-electron chi connectivity index (χ4n) is 2.81. The Morgan fingerprint density at radius 1 is 1.43 bits per heavy atom. The third-order valence-electron chi connectivity index (χ3n) is 3.54. The van der Waals surface area contributed by atoms with Gasteiger partial charge in [-0.05, 0) is 18.3 Å². The number of nitrogens with two attached hydrogens (primary N) is 1. The Hall–Kier alpha value is -0.610. The lowest BCUT2D eigenvalue weighted by Crippen LogP contribution is -2.57. The minimum Gasteiger partial charge on any atom is -0.382 e. The third-order valence-corrected chi connectivity index (χ3v) is 3.54. The van der Waals surface area contributed by atoms with Crippen LogP contribution in [0.1, 0.15) is 25.7 Å². The van der Waals surface area contributed by atoms with Crippen molar-refractivity contribution in [3.63, 3.8) is 0 Å². The first kappa shape index (κ1) is 9.93. The van der Waals surface area contributed by atoms with E-state index in [2.05, 4.69) is 4.90 Å². The van der Waals surface area contributed by atoms with Crippen molar-refractivity contribution in [2.45, 2.75) is 31.8 Å². The Balaban J connectivity index is 1.75. The normalized spacial score (nSPS) is 27.5. The summed E-state index contributed by atoms with van der Waals surface area (Å²) in [5.74, 6) is -0.614. The fourth-order valence-corrected chi connectivity index (χ4v) is 2.81. The smallest absolute Gasteiger partial charge is 0.247 e. The zero-order valence-electron chi connectivity index (χ0n) is 8.41. The number of carbonyl (C=O) groups excluding carboxylic acids is 1. The van der Waals surface area contributed by atoms with E-state index < -0.39 is 12.0 Å². The van der Waals surface area contributed by atoms with Crippen LogP contribution in [0.4, 0.5) is 0 Å². The summed E-state index contributed by atoms with van der Waals surface area (Å²) in [4.78, 5) is 12.8. The zero-order valence-corrected chi connectivity index (χ0v) is 8.41. The number of hydrogen-bond acceptors (Lipinski definition) is 3. The molecule has 2 fully saturated rings. The molecule has 80 valence electrons. The van der Waals surface area contributed by atoms with E-state index in [1.165, 1.54) is 25.7 Å². The van der Waals surface area contributed by atoms with E-state index in [1.807, 2.05) is 0 Å². The number of aliphatic hydroxyl groups is 1. The quantitative estimate of drug-likeness (QED) is 0.655. The standard InChI is InChI=1S/C10H18N2O2/c11-9(14)8(13)5-12-6-10(7-12)3-1-2-4-10/h8,13H,1-7H2,(H2,11,14). The highest BCUT2D eigenvalue weighted by Gasteiger charge is 2.44. The van der Waals surface area contributed by atoms with Gasteiger partial charge < -0.3 is 10.8 Å². The van der Waals surface area contributed by atoms with E-state index in [0.29, 0.717) is 12.0 Å². The molecule has 0 aromatic rings. The Morgan fingerprint density at radius 2 is 2.00 bits per heavy atom.